The molecule has 0 aliphatic heterocycles. The molecule has 5 nitrogen and oxygen atoms in total. The van der Waals surface area contributed by atoms with Gasteiger partial charge in [0.25, 0.3) is 5.91 Å². The van der Waals surface area contributed by atoms with E-state index in [9.17, 15) is 9.59 Å². The van der Waals surface area contributed by atoms with Gasteiger partial charge in [0.15, 0.2) is 6.10 Å². The van der Waals surface area contributed by atoms with Gasteiger partial charge in [-0.25, -0.2) is 4.79 Å². The number of carbonyl (C=O) groups is 2. The highest BCUT2D eigenvalue weighted by molar-refractivity contribution is 9.10. The van der Waals surface area contributed by atoms with Gasteiger partial charge < -0.3 is 10.1 Å². The molecule has 1 aromatic rings. The van der Waals surface area contributed by atoms with Crippen LogP contribution in [0.5, 0.6) is 5.75 Å². The van der Waals surface area contributed by atoms with Gasteiger partial charge in [0.2, 0.25) is 0 Å². The molecule has 0 radical (unpaired) electrons. The Bertz CT molecular complexity index is 530. The quantitative estimate of drug-likeness (QED) is 0.855. The SMILES string of the molecule is C[C@@H](Oc1cccc(Br)c1)C(=O)NC(=O)NC1CCCCC1. The molecule has 0 unspecified atom stereocenters. The molecule has 1 aromatic carbocycles. The Hall–Kier alpha value is -1.56. The lowest BCUT2D eigenvalue weighted by Gasteiger charge is -2.23. The number of halogens is 1. The van der Waals surface area contributed by atoms with Crippen molar-refractivity contribution in [2.24, 2.45) is 0 Å². The number of rotatable bonds is 4. The van der Waals surface area contributed by atoms with E-state index in [0.717, 1.165) is 30.2 Å². The van der Waals surface area contributed by atoms with Gasteiger partial charge in [0.05, 0.1) is 0 Å². The molecule has 0 saturated heterocycles. The fourth-order valence-electron chi connectivity index (χ4n) is 2.48. The molecule has 120 valence electrons. The van der Waals surface area contributed by atoms with Crippen molar-refractivity contribution in [3.05, 3.63) is 28.7 Å². The molecule has 22 heavy (non-hydrogen) atoms. The van der Waals surface area contributed by atoms with E-state index in [-0.39, 0.29) is 6.04 Å². The molecule has 1 aliphatic carbocycles. The zero-order valence-electron chi connectivity index (χ0n) is 12.6. The van der Waals surface area contributed by atoms with E-state index < -0.39 is 18.0 Å². The van der Waals surface area contributed by atoms with Gasteiger partial charge in [-0.15, -0.1) is 0 Å². The van der Waals surface area contributed by atoms with Gasteiger partial charge in [-0.3, -0.25) is 10.1 Å². The Morgan fingerprint density at radius 3 is 2.68 bits per heavy atom. The molecule has 3 amide bonds. The van der Waals surface area contributed by atoms with Gasteiger partial charge in [0.1, 0.15) is 5.75 Å². The summed E-state index contributed by atoms with van der Waals surface area (Å²) in [5, 5.41) is 5.18. The Morgan fingerprint density at radius 1 is 1.27 bits per heavy atom. The summed E-state index contributed by atoms with van der Waals surface area (Å²) >= 11 is 3.34. The maximum atomic E-state index is 12.0. The minimum absolute atomic E-state index is 0.169. The summed E-state index contributed by atoms with van der Waals surface area (Å²) in [4.78, 5) is 23.8. The van der Waals surface area contributed by atoms with E-state index in [1.165, 1.54) is 6.42 Å². The predicted molar refractivity (Wildman–Crippen MR) is 87.8 cm³/mol. The van der Waals surface area contributed by atoms with Crippen LogP contribution < -0.4 is 15.4 Å². The highest BCUT2D eigenvalue weighted by Gasteiger charge is 2.20. The number of hydrogen-bond donors (Lipinski definition) is 2. The van der Waals surface area contributed by atoms with Gasteiger partial charge in [-0.05, 0) is 38.0 Å². The van der Waals surface area contributed by atoms with E-state index >= 15 is 0 Å². The van der Waals surface area contributed by atoms with E-state index in [4.69, 9.17) is 4.74 Å². The minimum atomic E-state index is -0.744. The monoisotopic (exact) mass is 368 g/mol. The molecule has 2 rings (SSSR count). The van der Waals surface area contributed by atoms with Crippen molar-refractivity contribution in [2.45, 2.75) is 51.2 Å². The zero-order valence-corrected chi connectivity index (χ0v) is 14.2. The van der Waals surface area contributed by atoms with Gasteiger partial charge >= 0.3 is 6.03 Å². The Balaban J connectivity index is 1.79. The molecule has 2 N–H and O–H groups in total. The predicted octanol–water partition coefficient (Wildman–Crippen LogP) is 3.37. The van der Waals surface area contributed by atoms with Crippen LogP contribution in [0.2, 0.25) is 0 Å². The summed E-state index contributed by atoms with van der Waals surface area (Å²) in [7, 11) is 0. The summed E-state index contributed by atoms with van der Waals surface area (Å²) in [6.07, 6.45) is 4.68. The van der Waals surface area contributed by atoms with Crippen LogP contribution in [0.3, 0.4) is 0 Å². The summed E-state index contributed by atoms with van der Waals surface area (Å²) in [5.41, 5.74) is 0. The Labute approximate surface area is 138 Å². The number of benzene rings is 1. The molecule has 0 bridgehead atoms. The summed E-state index contributed by atoms with van der Waals surface area (Å²) in [6.45, 7) is 1.62. The van der Waals surface area contributed by atoms with Crippen LogP contribution in [-0.2, 0) is 4.79 Å². The van der Waals surface area contributed by atoms with E-state index in [1.54, 1.807) is 19.1 Å². The highest BCUT2D eigenvalue weighted by Crippen LogP contribution is 2.19. The third kappa shape index (κ3) is 5.33. The number of ether oxygens (including phenoxy) is 1. The van der Waals surface area contributed by atoms with Crippen molar-refractivity contribution in [1.82, 2.24) is 10.6 Å². The largest absolute Gasteiger partial charge is 0.481 e. The maximum Gasteiger partial charge on any atom is 0.321 e. The minimum Gasteiger partial charge on any atom is -0.481 e. The van der Waals surface area contributed by atoms with E-state index in [2.05, 4.69) is 26.6 Å². The second kappa shape index (κ2) is 8.17. The molecule has 1 fully saturated rings. The van der Waals surface area contributed by atoms with Gasteiger partial charge in [-0.2, -0.15) is 0 Å². The third-order valence-electron chi connectivity index (χ3n) is 3.66. The van der Waals surface area contributed by atoms with Crippen molar-refractivity contribution >= 4 is 27.9 Å². The Morgan fingerprint density at radius 2 is 2.00 bits per heavy atom. The molecule has 1 atom stereocenters. The normalized spacial score (nSPS) is 16.6. The highest BCUT2D eigenvalue weighted by atomic mass is 79.9. The van der Waals surface area contributed by atoms with Crippen LogP contribution in [0, 0.1) is 0 Å². The third-order valence-corrected chi connectivity index (χ3v) is 4.15. The van der Waals surface area contributed by atoms with Crippen molar-refractivity contribution in [3.8, 4) is 5.75 Å². The van der Waals surface area contributed by atoms with Crippen LogP contribution in [0.4, 0.5) is 4.79 Å². The van der Waals surface area contributed by atoms with Crippen molar-refractivity contribution in [1.29, 1.82) is 0 Å². The first-order valence-electron chi connectivity index (χ1n) is 7.58. The van der Waals surface area contributed by atoms with Crippen LogP contribution in [-0.4, -0.2) is 24.1 Å². The molecule has 6 heteroatoms. The molecule has 0 spiro atoms. The van der Waals surface area contributed by atoms with Crippen LogP contribution in [0.1, 0.15) is 39.0 Å². The van der Waals surface area contributed by atoms with Crippen LogP contribution >= 0.6 is 15.9 Å². The van der Waals surface area contributed by atoms with Crippen molar-refractivity contribution in [2.75, 3.05) is 0 Å². The van der Waals surface area contributed by atoms with Gasteiger partial charge in [0, 0.05) is 10.5 Å². The fourth-order valence-corrected chi connectivity index (χ4v) is 2.86. The number of imide groups is 1. The average Bonchev–Trinajstić information content (AvgIpc) is 2.48. The topological polar surface area (TPSA) is 67.4 Å². The number of nitrogens with one attached hydrogen (secondary N) is 2. The summed E-state index contributed by atoms with van der Waals surface area (Å²) in [6, 6.07) is 6.95. The molecule has 0 heterocycles. The number of urea groups is 1. The van der Waals surface area contributed by atoms with Crippen LogP contribution in [0.25, 0.3) is 0 Å². The second-order valence-corrected chi connectivity index (χ2v) is 6.43. The molecular formula is C16H21BrN2O3. The lowest BCUT2D eigenvalue weighted by molar-refractivity contribution is -0.126. The second-order valence-electron chi connectivity index (χ2n) is 5.52. The van der Waals surface area contributed by atoms with Crippen molar-refractivity contribution < 1.29 is 14.3 Å². The number of carbonyl (C=O) groups excluding carboxylic acids is 2. The average molecular weight is 369 g/mol. The molecule has 1 aliphatic rings. The summed E-state index contributed by atoms with van der Waals surface area (Å²) in [5.74, 6) is 0.123. The molecular weight excluding hydrogens is 348 g/mol. The van der Waals surface area contributed by atoms with E-state index in [1.807, 2.05) is 12.1 Å². The fraction of sp³-hybridized carbons (Fsp3) is 0.500. The van der Waals surface area contributed by atoms with E-state index in [0.29, 0.717) is 5.75 Å². The van der Waals surface area contributed by atoms with Crippen molar-refractivity contribution in [3.63, 3.8) is 0 Å². The standard InChI is InChI=1S/C16H21BrN2O3/c1-11(22-14-9-5-6-12(17)10-14)15(20)19-16(21)18-13-7-3-2-4-8-13/h5-6,9-11,13H,2-4,7-8H2,1H3,(H2,18,19,20,21)/t11-/m1/s1. The first-order chi connectivity index (χ1) is 10.5. The smallest absolute Gasteiger partial charge is 0.321 e. The first-order valence-corrected chi connectivity index (χ1v) is 8.37. The molecule has 0 aromatic heterocycles. The zero-order chi connectivity index (χ0) is 15.9. The lowest BCUT2D eigenvalue weighted by atomic mass is 9.96. The first kappa shape index (κ1) is 16.8. The number of hydrogen-bond acceptors (Lipinski definition) is 3. The lowest BCUT2D eigenvalue weighted by Crippen LogP contribution is -2.48. The molecule has 1 saturated carbocycles. The van der Waals surface area contributed by atoms with Gasteiger partial charge in [-0.1, -0.05) is 41.3 Å². The Kier molecular flexibility index (Phi) is 6.24. The summed E-state index contributed by atoms with van der Waals surface area (Å²) < 4.78 is 6.39. The maximum absolute atomic E-state index is 12.0. The van der Waals surface area contributed by atoms with Crippen LogP contribution in [0.15, 0.2) is 28.7 Å². The number of amides is 3.